The highest BCUT2D eigenvalue weighted by atomic mass is 16.5. The van der Waals surface area contributed by atoms with Crippen LogP contribution in [0.1, 0.15) is 19.3 Å². The van der Waals surface area contributed by atoms with Gasteiger partial charge < -0.3 is 9.47 Å². The van der Waals surface area contributed by atoms with Crippen LogP contribution in [0.25, 0.3) is 0 Å². The van der Waals surface area contributed by atoms with Gasteiger partial charge in [0, 0.05) is 6.04 Å². The second kappa shape index (κ2) is 7.06. The van der Waals surface area contributed by atoms with Gasteiger partial charge in [-0.3, -0.25) is 14.5 Å². The molecule has 1 unspecified atom stereocenters. The van der Waals surface area contributed by atoms with Gasteiger partial charge in [0.25, 0.3) is 0 Å². The SMILES string of the molecule is COC(=O)CN(CC(=O)OC)C1C=CCCC1. The predicted molar refractivity (Wildman–Crippen MR) is 62.4 cm³/mol. The summed E-state index contributed by atoms with van der Waals surface area (Å²) in [4.78, 5) is 24.4. The van der Waals surface area contributed by atoms with Gasteiger partial charge in [-0.25, -0.2) is 0 Å². The summed E-state index contributed by atoms with van der Waals surface area (Å²) in [6.07, 6.45) is 7.19. The van der Waals surface area contributed by atoms with Gasteiger partial charge in [0.15, 0.2) is 0 Å². The number of methoxy groups -OCH3 is 2. The number of nitrogens with zero attached hydrogens (tertiary/aromatic N) is 1. The third kappa shape index (κ3) is 4.56. The minimum atomic E-state index is -0.340. The average Bonchev–Trinajstić information content (AvgIpc) is 2.38. The Hall–Kier alpha value is -1.36. The highest BCUT2D eigenvalue weighted by Crippen LogP contribution is 2.16. The fourth-order valence-corrected chi connectivity index (χ4v) is 1.85. The first kappa shape index (κ1) is 13.7. The normalized spacial score (nSPS) is 19.1. The molecule has 17 heavy (non-hydrogen) atoms. The van der Waals surface area contributed by atoms with Crippen molar-refractivity contribution in [3.05, 3.63) is 12.2 Å². The molecule has 1 atom stereocenters. The molecule has 0 N–H and O–H groups in total. The van der Waals surface area contributed by atoms with E-state index in [0.717, 1.165) is 19.3 Å². The fourth-order valence-electron chi connectivity index (χ4n) is 1.85. The zero-order chi connectivity index (χ0) is 12.7. The van der Waals surface area contributed by atoms with Gasteiger partial charge in [0.05, 0.1) is 27.3 Å². The number of esters is 2. The summed E-state index contributed by atoms with van der Waals surface area (Å²) in [7, 11) is 2.69. The molecule has 0 aromatic carbocycles. The molecule has 0 spiro atoms. The Kier molecular flexibility index (Phi) is 5.69. The van der Waals surface area contributed by atoms with Gasteiger partial charge in [-0.15, -0.1) is 0 Å². The van der Waals surface area contributed by atoms with Crippen LogP contribution in [0.5, 0.6) is 0 Å². The van der Waals surface area contributed by atoms with Crippen LogP contribution in [0.2, 0.25) is 0 Å². The molecule has 0 saturated carbocycles. The number of rotatable bonds is 5. The van der Waals surface area contributed by atoms with E-state index >= 15 is 0 Å². The number of carbonyl (C=O) groups excluding carboxylic acids is 2. The molecule has 1 aliphatic rings. The quantitative estimate of drug-likeness (QED) is 0.525. The van der Waals surface area contributed by atoms with Crippen LogP contribution >= 0.6 is 0 Å². The molecule has 0 radical (unpaired) electrons. The predicted octanol–water partition coefficient (Wildman–Crippen LogP) is 0.743. The van der Waals surface area contributed by atoms with Crippen molar-refractivity contribution in [1.29, 1.82) is 0 Å². The van der Waals surface area contributed by atoms with Gasteiger partial charge in [0.2, 0.25) is 0 Å². The van der Waals surface area contributed by atoms with E-state index in [1.807, 2.05) is 6.08 Å². The van der Waals surface area contributed by atoms with Crippen LogP contribution in [-0.2, 0) is 19.1 Å². The number of ether oxygens (including phenoxy) is 2. The Labute approximate surface area is 101 Å². The van der Waals surface area contributed by atoms with Crippen LogP contribution in [0, 0.1) is 0 Å². The van der Waals surface area contributed by atoms with Crippen molar-refractivity contribution in [1.82, 2.24) is 4.90 Å². The average molecular weight is 241 g/mol. The third-order valence-corrected chi connectivity index (χ3v) is 2.82. The van der Waals surface area contributed by atoms with Gasteiger partial charge in [-0.2, -0.15) is 0 Å². The minimum Gasteiger partial charge on any atom is -0.468 e. The van der Waals surface area contributed by atoms with E-state index < -0.39 is 0 Å². The lowest BCUT2D eigenvalue weighted by Crippen LogP contribution is -2.42. The molecule has 0 saturated heterocycles. The maximum atomic E-state index is 11.3. The molecule has 0 aromatic heterocycles. The summed E-state index contributed by atoms with van der Waals surface area (Å²) in [5.41, 5.74) is 0. The number of hydrogen-bond acceptors (Lipinski definition) is 5. The highest BCUT2D eigenvalue weighted by molar-refractivity contribution is 5.75. The van der Waals surface area contributed by atoms with Crippen molar-refractivity contribution in [2.24, 2.45) is 0 Å². The zero-order valence-corrected chi connectivity index (χ0v) is 10.3. The van der Waals surface area contributed by atoms with Crippen LogP contribution < -0.4 is 0 Å². The molecule has 0 aliphatic heterocycles. The van der Waals surface area contributed by atoms with Gasteiger partial charge in [-0.1, -0.05) is 12.2 Å². The molecule has 0 heterocycles. The largest absolute Gasteiger partial charge is 0.468 e. The Bertz CT molecular complexity index is 283. The number of allylic oxidation sites excluding steroid dienone is 1. The molecular weight excluding hydrogens is 222 g/mol. The topological polar surface area (TPSA) is 55.8 Å². The fraction of sp³-hybridized carbons (Fsp3) is 0.667. The lowest BCUT2D eigenvalue weighted by Gasteiger charge is -2.29. The molecule has 1 aliphatic carbocycles. The summed E-state index contributed by atoms with van der Waals surface area (Å²) in [6.45, 7) is 0.223. The van der Waals surface area contributed by atoms with E-state index in [-0.39, 0.29) is 31.1 Å². The summed E-state index contributed by atoms with van der Waals surface area (Å²) < 4.78 is 9.26. The van der Waals surface area contributed by atoms with E-state index in [4.69, 9.17) is 0 Å². The maximum Gasteiger partial charge on any atom is 0.319 e. The minimum absolute atomic E-state index is 0.112. The first-order valence-corrected chi connectivity index (χ1v) is 5.71. The van der Waals surface area contributed by atoms with Crippen molar-refractivity contribution in [3.8, 4) is 0 Å². The van der Waals surface area contributed by atoms with Gasteiger partial charge in [0.1, 0.15) is 0 Å². The van der Waals surface area contributed by atoms with Gasteiger partial charge in [-0.05, 0) is 19.3 Å². The van der Waals surface area contributed by atoms with E-state index in [1.165, 1.54) is 14.2 Å². The van der Waals surface area contributed by atoms with Crippen LogP contribution in [0.4, 0.5) is 0 Å². The Morgan fingerprint density at radius 3 is 2.24 bits per heavy atom. The Morgan fingerprint density at radius 1 is 1.24 bits per heavy atom. The van der Waals surface area contributed by atoms with E-state index in [0.29, 0.717) is 0 Å². The van der Waals surface area contributed by atoms with Gasteiger partial charge >= 0.3 is 11.9 Å². The second-order valence-electron chi connectivity index (χ2n) is 3.98. The molecule has 0 amide bonds. The summed E-state index contributed by atoms with van der Waals surface area (Å²) in [6, 6.07) is 0.113. The molecular formula is C12H19NO4. The Balaban J connectivity index is 2.63. The maximum absolute atomic E-state index is 11.3. The van der Waals surface area contributed by atoms with Crippen LogP contribution in [0.15, 0.2) is 12.2 Å². The molecule has 0 aromatic rings. The van der Waals surface area contributed by atoms with Crippen LogP contribution in [0.3, 0.4) is 0 Å². The first-order chi connectivity index (χ1) is 8.17. The second-order valence-corrected chi connectivity index (χ2v) is 3.98. The van der Waals surface area contributed by atoms with Crippen molar-refractivity contribution in [2.75, 3.05) is 27.3 Å². The van der Waals surface area contributed by atoms with Crippen molar-refractivity contribution < 1.29 is 19.1 Å². The molecule has 0 bridgehead atoms. The molecule has 5 nitrogen and oxygen atoms in total. The monoisotopic (exact) mass is 241 g/mol. The van der Waals surface area contributed by atoms with Crippen molar-refractivity contribution >= 4 is 11.9 Å². The summed E-state index contributed by atoms with van der Waals surface area (Å²) >= 11 is 0. The first-order valence-electron chi connectivity index (χ1n) is 5.71. The lowest BCUT2D eigenvalue weighted by molar-refractivity contribution is -0.146. The highest BCUT2D eigenvalue weighted by Gasteiger charge is 2.23. The molecule has 5 heteroatoms. The lowest BCUT2D eigenvalue weighted by atomic mass is 10.0. The zero-order valence-electron chi connectivity index (χ0n) is 10.3. The van der Waals surface area contributed by atoms with Crippen molar-refractivity contribution in [2.45, 2.75) is 25.3 Å². The standard InChI is InChI=1S/C12H19NO4/c1-16-11(14)8-13(9-12(15)17-2)10-6-4-3-5-7-10/h4,6,10H,3,5,7-9H2,1-2H3. The van der Waals surface area contributed by atoms with E-state index in [2.05, 4.69) is 15.5 Å². The molecule has 96 valence electrons. The van der Waals surface area contributed by atoms with Crippen molar-refractivity contribution in [3.63, 3.8) is 0 Å². The third-order valence-electron chi connectivity index (χ3n) is 2.82. The van der Waals surface area contributed by atoms with E-state index in [9.17, 15) is 9.59 Å². The summed E-state index contributed by atoms with van der Waals surface area (Å²) in [5, 5.41) is 0. The summed E-state index contributed by atoms with van der Waals surface area (Å²) in [5.74, 6) is -0.680. The molecule has 0 fully saturated rings. The van der Waals surface area contributed by atoms with Crippen LogP contribution in [-0.4, -0.2) is 50.2 Å². The smallest absolute Gasteiger partial charge is 0.319 e. The van der Waals surface area contributed by atoms with E-state index in [1.54, 1.807) is 4.90 Å². The molecule has 1 rings (SSSR count). The number of carbonyl (C=O) groups is 2. The Morgan fingerprint density at radius 2 is 1.82 bits per heavy atom. The number of hydrogen-bond donors (Lipinski definition) is 0.